The molecule has 0 atom stereocenters. The van der Waals surface area contributed by atoms with E-state index in [-0.39, 0.29) is 5.91 Å². The summed E-state index contributed by atoms with van der Waals surface area (Å²) in [6.07, 6.45) is 4.16. The van der Waals surface area contributed by atoms with E-state index in [0.29, 0.717) is 12.2 Å². The summed E-state index contributed by atoms with van der Waals surface area (Å²) < 4.78 is 3.82. The third-order valence-corrected chi connectivity index (χ3v) is 5.21. The van der Waals surface area contributed by atoms with Gasteiger partial charge in [-0.15, -0.1) is 0 Å². The zero-order valence-electron chi connectivity index (χ0n) is 13.3. The lowest BCUT2D eigenvalue weighted by molar-refractivity contribution is 0.0920. The van der Waals surface area contributed by atoms with Gasteiger partial charge in [0, 0.05) is 42.4 Å². The fourth-order valence-corrected chi connectivity index (χ4v) is 3.88. The Kier molecular flexibility index (Phi) is 3.86. The smallest absolute Gasteiger partial charge is 0.232 e. The molecule has 5 heteroatoms. The highest BCUT2D eigenvalue weighted by molar-refractivity contribution is 7.99. The Morgan fingerprint density at radius 1 is 1.04 bits per heavy atom. The van der Waals surface area contributed by atoms with Crippen molar-refractivity contribution in [2.45, 2.75) is 11.6 Å². The number of fused-ring (bicyclic) bond motifs is 3. The summed E-state index contributed by atoms with van der Waals surface area (Å²) >= 11 is 1.61. The molecule has 0 aliphatic carbocycles. The van der Waals surface area contributed by atoms with Crippen LogP contribution in [0.2, 0.25) is 0 Å². The third-order valence-electron chi connectivity index (χ3n) is 4.15. The van der Waals surface area contributed by atoms with Crippen molar-refractivity contribution in [1.82, 2.24) is 14.1 Å². The Balaban J connectivity index is 1.65. The average molecular weight is 335 g/mol. The molecule has 0 bridgehead atoms. The quantitative estimate of drug-likeness (QED) is 0.521. The van der Waals surface area contributed by atoms with E-state index < -0.39 is 0 Å². The number of rotatable bonds is 4. The van der Waals surface area contributed by atoms with Gasteiger partial charge in [-0.1, -0.05) is 48.2 Å². The van der Waals surface area contributed by atoms with Crippen molar-refractivity contribution in [3.8, 4) is 0 Å². The van der Waals surface area contributed by atoms with Crippen LogP contribution in [-0.2, 0) is 7.05 Å². The van der Waals surface area contributed by atoms with Gasteiger partial charge < -0.3 is 4.57 Å². The average Bonchev–Trinajstić information content (AvgIpc) is 3.16. The van der Waals surface area contributed by atoms with E-state index in [4.69, 9.17) is 0 Å². The molecule has 120 valence electrons. The number of aromatic nitrogens is 3. The Labute approximate surface area is 144 Å². The zero-order valence-corrected chi connectivity index (χ0v) is 14.2. The molecule has 0 spiro atoms. The molecule has 4 nitrogen and oxygen atoms in total. The molecule has 2 aromatic carbocycles. The number of carbonyl (C=O) groups is 1. The maximum absolute atomic E-state index is 12.9. The highest BCUT2D eigenvalue weighted by Gasteiger charge is 2.15. The molecule has 0 saturated carbocycles. The first-order chi connectivity index (χ1) is 11.8. The Bertz CT molecular complexity index is 978. The van der Waals surface area contributed by atoms with Gasteiger partial charge in [0.15, 0.2) is 5.16 Å². The second-order valence-corrected chi connectivity index (χ2v) is 6.74. The highest BCUT2D eigenvalue weighted by Crippen LogP contribution is 2.29. The summed E-state index contributed by atoms with van der Waals surface area (Å²) in [5, 5.41) is 3.18. The van der Waals surface area contributed by atoms with Crippen molar-refractivity contribution < 1.29 is 4.79 Å². The predicted molar refractivity (Wildman–Crippen MR) is 98.6 cm³/mol. The van der Waals surface area contributed by atoms with Gasteiger partial charge in [0.05, 0.1) is 11.0 Å². The van der Waals surface area contributed by atoms with Gasteiger partial charge in [0.2, 0.25) is 5.91 Å². The van der Waals surface area contributed by atoms with Gasteiger partial charge in [-0.3, -0.25) is 9.36 Å². The summed E-state index contributed by atoms with van der Waals surface area (Å²) in [6, 6.07) is 16.2. The minimum Gasteiger partial charge on any atom is -0.329 e. The van der Waals surface area contributed by atoms with Crippen LogP contribution in [0.3, 0.4) is 0 Å². The van der Waals surface area contributed by atoms with Crippen molar-refractivity contribution in [1.29, 1.82) is 0 Å². The van der Waals surface area contributed by atoms with Gasteiger partial charge in [-0.25, -0.2) is 4.98 Å². The summed E-state index contributed by atoms with van der Waals surface area (Å²) in [6.45, 7) is 0. The molecule has 24 heavy (non-hydrogen) atoms. The molecule has 4 aromatic rings. The van der Waals surface area contributed by atoms with Crippen LogP contribution in [0.25, 0.3) is 21.8 Å². The number of hydrogen-bond acceptors (Lipinski definition) is 3. The van der Waals surface area contributed by atoms with E-state index in [9.17, 15) is 4.79 Å². The number of hydrogen-bond donors (Lipinski definition) is 0. The van der Waals surface area contributed by atoms with Crippen LogP contribution in [0.15, 0.2) is 66.1 Å². The van der Waals surface area contributed by atoms with Crippen LogP contribution >= 0.6 is 11.8 Å². The van der Waals surface area contributed by atoms with Crippen molar-refractivity contribution in [2.75, 3.05) is 5.75 Å². The van der Waals surface area contributed by atoms with Crippen LogP contribution in [-0.4, -0.2) is 25.8 Å². The lowest BCUT2D eigenvalue weighted by Crippen LogP contribution is -2.11. The second-order valence-electron chi connectivity index (χ2n) is 5.68. The monoisotopic (exact) mass is 335 g/mol. The minimum absolute atomic E-state index is 0.120. The predicted octanol–water partition coefficient (Wildman–Crippen LogP) is 4.35. The van der Waals surface area contributed by atoms with Crippen molar-refractivity contribution >= 4 is 39.5 Å². The number of benzene rings is 2. The van der Waals surface area contributed by atoms with E-state index in [1.807, 2.05) is 58.8 Å². The molecule has 0 aliphatic heterocycles. The molecule has 4 rings (SSSR count). The van der Waals surface area contributed by atoms with E-state index >= 15 is 0 Å². The molecule has 0 saturated heterocycles. The SMILES string of the molecule is Cn1ccnc1SCCC(=O)n1c2ccccc2c2ccccc21. The topological polar surface area (TPSA) is 39.8 Å². The molecule has 0 fully saturated rings. The molecule has 2 heterocycles. The normalized spacial score (nSPS) is 11.4. The van der Waals surface area contributed by atoms with Gasteiger partial charge in [0.25, 0.3) is 0 Å². The second kappa shape index (κ2) is 6.17. The van der Waals surface area contributed by atoms with E-state index in [1.54, 1.807) is 18.0 Å². The number of para-hydroxylation sites is 2. The van der Waals surface area contributed by atoms with Crippen LogP contribution in [0.1, 0.15) is 11.2 Å². The fourth-order valence-electron chi connectivity index (χ4n) is 3.02. The lowest BCUT2D eigenvalue weighted by atomic mass is 10.2. The van der Waals surface area contributed by atoms with Crippen LogP contribution in [0.4, 0.5) is 0 Å². The number of carbonyl (C=O) groups excluding carboxylic acids is 1. The van der Waals surface area contributed by atoms with Crippen molar-refractivity contribution in [2.24, 2.45) is 7.05 Å². The maximum Gasteiger partial charge on any atom is 0.232 e. The number of aryl methyl sites for hydroxylation is 1. The molecular formula is C19H17N3OS. The van der Waals surface area contributed by atoms with E-state index in [0.717, 1.165) is 27.0 Å². The van der Waals surface area contributed by atoms with Gasteiger partial charge in [-0.05, 0) is 12.1 Å². The maximum atomic E-state index is 12.9. The molecule has 0 N–H and O–H groups in total. The van der Waals surface area contributed by atoms with E-state index in [1.165, 1.54) is 0 Å². The first kappa shape index (κ1) is 15.0. The lowest BCUT2D eigenvalue weighted by Gasteiger charge is -2.06. The molecule has 0 amide bonds. The number of nitrogens with zero attached hydrogens (tertiary/aromatic N) is 3. The largest absolute Gasteiger partial charge is 0.329 e. The standard InChI is InChI=1S/C19H17N3OS/c1-21-12-11-20-19(21)24-13-10-18(23)22-16-8-4-2-6-14(16)15-7-3-5-9-17(15)22/h2-9,11-12H,10,13H2,1H3. The minimum atomic E-state index is 0.120. The number of thioether (sulfide) groups is 1. The number of imidazole rings is 1. The summed E-state index contributed by atoms with van der Waals surface area (Å²) in [4.78, 5) is 17.2. The first-order valence-electron chi connectivity index (χ1n) is 7.87. The van der Waals surface area contributed by atoms with E-state index in [2.05, 4.69) is 17.1 Å². The van der Waals surface area contributed by atoms with Crippen LogP contribution < -0.4 is 0 Å². The molecular weight excluding hydrogens is 318 g/mol. The van der Waals surface area contributed by atoms with Gasteiger partial charge >= 0.3 is 0 Å². The van der Waals surface area contributed by atoms with Crippen LogP contribution in [0, 0.1) is 0 Å². The first-order valence-corrected chi connectivity index (χ1v) is 8.86. The Morgan fingerprint density at radius 3 is 2.25 bits per heavy atom. The summed E-state index contributed by atoms with van der Waals surface area (Å²) in [7, 11) is 1.96. The Morgan fingerprint density at radius 2 is 1.67 bits per heavy atom. The molecule has 0 unspecified atom stereocenters. The van der Waals surface area contributed by atoms with Gasteiger partial charge in [-0.2, -0.15) is 0 Å². The van der Waals surface area contributed by atoms with Crippen LogP contribution in [0.5, 0.6) is 0 Å². The fraction of sp³-hybridized carbons (Fsp3) is 0.158. The molecule has 2 aromatic heterocycles. The zero-order chi connectivity index (χ0) is 16.5. The molecule has 0 radical (unpaired) electrons. The summed E-state index contributed by atoms with van der Waals surface area (Å²) in [5.74, 6) is 0.832. The highest BCUT2D eigenvalue weighted by atomic mass is 32.2. The van der Waals surface area contributed by atoms with Crippen molar-refractivity contribution in [3.05, 3.63) is 60.9 Å². The van der Waals surface area contributed by atoms with Gasteiger partial charge in [0.1, 0.15) is 0 Å². The van der Waals surface area contributed by atoms with Crippen molar-refractivity contribution in [3.63, 3.8) is 0 Å². The third kappa shape index (κ3) is 2.51. The molecule has 0 aliphatic rings. The Hall–Kier alpha value is -2.53. The summed E-state index contributed by atoms with van der Waals surface area (Å²) in [5.41, 5.74) is 1.95.